The van der Waals surface area contributed by atoms with Crippen LogP contribution >= 0.6 is 35.3 Å². The van der Waals surface area contributed by atoms with Gasteiger partial charge in [-0.1, -0.05) is 36.4 Å². The zero-order valence-electron chi connectivity index (χ0n) is 14.6. The van der Waals surface area contributed by atoms with Crippen LogP contribution in [0, 0.1) is 0 Å². The molecule has 0 atom stereocenters. The minimum atomic E-state index is -3.42. The van der Waals surface area contributed by atoms with E-state index < -0.39 is 10.0 Å². The van der Waals surface area contributed by atoms with E-state index in [0.29, 0.717) is 16.7 Å². The van der Waals surface area contributed by atoms with E-state index >= 15 is 0 Å². The molecular weight excluding hydrogens is 483 g/mol. The van der Waals surface area contributed by atoms with E-state index in [1.165, 1.54) is 16.9 Å². The number of rotatable bonds is 9. The van der Waals surface area contributed by atoms with Crippen molar-refractivity contribution >= 4 is 51.3 Å². The summed E-state index contributed by atoms with van der Waals surface area (Å²) >= 11 is 1.20. The molecule has 1 aromatic heterocycles. The maximum absolute atomic E-state index is 12.0. The second kappa shape index (κ2) is 12.3. The van der Waals surface area contributed by atoms with Crippen LogP contribution < -0.4 is 15.4 Å². The number of guanidine groups is 1. The molecule has 0 saturated heterocycles. The van der Waals surface area contributed by atoms with Gasteiger partial charge in [-0.3, -0.25) is 4.99 Å². The summed E-state index contributed by atoms with van der Waals surface area (Å²) in [5, 5.41) is 8.16. The lowest BCUT2D eigenvalue weighted by molar-refractivity contribution is 0.584. The summed E-state index contributed by atoms with van der Waals surface area (Å²) < 4.78 is 26.9. The van der Waals surface area contributed by atoms with Crippen molar-refractivity contribution in [2.24, 2.45) is 4.99 Å². The predicted molar refractivity (Wildman–Crippen MR) is 119 cm³/mol. The first kappa shape index (κ1) is 22.9. The normalized spacial score (nSPS) is 11.7. The summed E-state index contributed by atoms with van der Waals surface area (Å²) in [6, 6.07) is 13.5. The van der Waals surface area contributed by atoms with Crippen molar-refractivity contribution < 1.29 is 8.42 Å². The molecule has 0 aliphatic heterocycles. The number of thiophene rings is 1. The second-order valence-electron chi connectivity index (χ2n) is 5.25. The molecule has 1 heterocycles. The lowest BCUT2D eigenvalue weighted by Crippen LogP contribution is -2.39. The van der Waals surface area contributed by atoms with Crippen LogP contribution in [0.25, 0.3) is 0 Å². The Kier molecular flexibility index (Phi) is 10.8. The maximum Gasteiger partial charge on any atom is 0.250 e. The van der Waals surface area contributed by atoms with Gasteiger partial charge in [0.05, 0.1) is 6.54 Å². The first-order valence-corrected chi connectivity index (χ1v) is 10.6. The Morgan fingerprint density at radius 3 is 2.50 bits per heavy atom. The standard InChI is InChI=1S/C17H24N4O2S2.HI/c1-2-18-17(19-11-10-15-7-4-3-5-8-15)20-12-13-21-25(22,23)16-9-6-14-24-16;/h3-9,14,21H,2,10-13H2,1H3,(H2,18,19,20);1H. The number of aliphatic imine (C=N–C) groups is 1. The van der Waals surface area contributed by atoms with Crippen molar-refractivity contribution in [2.45, 2.75) is 17.6 Å². The average molecular weight is 508 g/mol. The number of halogens is 1. The third-order valence-corrected chi connectivity index (χ3v) is 6.19. The number of nitrogens with zero attached hydrogens (tertiary/aromatic N) is 1. The van der Waals surface area contributed by atoms with Gasteiger partial charge in [0, 0.05) is 19.6 Å². The topological polar surface area (TPSA) is 82.6 Å². The summed E-state index contributed by atoms with van der Waals surface area (Å²) in [7, 11) is -3.42. The fourth-order valence-corrected chi connectivity index (χ4v) is 4.21. The summed E-state index contributed by atoms with van der Waals surface area (Å²) in [5.41, 5.74) is 1.26. The zero-order chi connectivity index (χ0) is 18.0. The van der Waals surface area contributed by atoms with E-state index in [4.69, 9.17) is 0 Å². The van der Waals surface area contributed by atoms with Crippen molar-refractivity contribution in [3.63, 3.8) is 0 Å². The van der Waals surface area contributed by atoms with E-state index in [1.807, 2.05) is 25.1 Å². The summed E-state index contributed by atoms with van der Waals surface area (Å²) in [5.74, 6) is 0.689. The van der Waals surface area contributed by atoms with Gasteiger partial charge in [0.1, 0.15) is 4.21 Å². The zero-order valence-corrected chi connectivity index (χ0v) is 18.6. The van der Waals surface area contributed by atoms with Gasteiger partial charge in [-0.2, -0.15) is 0 Å². The van der Waals surface area contributed by atoms with Crippen molar-refractivity contribution in [3.05, 3.63) is 53.4 Å². The van der Waals surface area contributed by atoms with Crippen molar-refractivity contribution in [2.75, 3.05) is 26.2 Å². The van der Waals surface area contributed by atoms with Crippen LogP contribution in [0.1, 0.15) is 12.5 Å². The number of nitrogens with one attached hydrogen (secondary N) is 3. The monoisotopic (exact) mass is 508 g/mol. The van der Waals surface area contributed by atoms with Crippen molar-refractivity contribution in [3.8, 4) is 0 Å². The van der Waals surface area contributed by atoms with Crippen LogP contribution in [0.15, 0.2) is 57.0 Å². The highest BCUT2D eigenvalue weighted by Gasteiger charge is 2.13. The molecule has 144 valence electrons. The summed E-state index contributed by atoms with van der Waals surface area (Å²) in [6.45, 7) is 4.13. The molecule has 26 heavy (non-hydrogen) atoms. The third-order valence-electron chi connectivity index (χ3n) is 3.33. The summed E-state index contributed by atoms with van der Waals surface area (Å²) in [6.07, 6.45) is 0.899. The van der Waals surface area contributed by atoms with Crippen LogP contribution in [-0.4, -0.2) is 40.6 Å². The Balaban J connectivity index is 0.00000338. The van der Waals surface area contributed by atoms with E-state index in [0.717, 1.165) is 19.5 Å². The fraction of sp³-hybridized carbons (Fsp3) is 0.353. The number of hydrogen-bond donors (Lipinski definition) is 3. The van der Waals surface area contributed by atoms with Gasteiger partial charge in [0.2, 0.25) is 10.0 Å². The largest absolute Gasteiger partial charge is 0.357 e. The van der Waals surface area contributed by atoms with E-state index in [-0.39, 0.29) is 30.5 Å². The number of hydrogen-bond acceptors (Lipinski definition) is 4. The fourth-order valence-electron chi connectivity index (χ4n) is 2.15. The second-order valence-corrected chi connectivity index (χ2v) is 8.19. The van der Waals surface area contributed by atoms with Crippen LogP contribution in [0.4, 0.5) is 0 Å². The van der Waals surface area contributed by atoms with Gasteiger partial charge in [-0.25, -0.2) is 13.1 Å². The average Bonchev–Trinajstić information content (AvgIpc) is 3.15. The van der Waals surface area contributed by atoms with Gasteiger partial charge in [-0.15, -0.1) is 35.3 Å². The van der Waals surface area contributed by atoms with E-state index in [2.05, 4.69) is 32.5 Å². The van der Waals surface area contributed by atoms with Gasteiger partial charge < -0.3 is 10.6 Å². The van der Waals surface area contributed by atoms with Gasteiger partial charge in [0.25, 0.3) is 0 Å². The Labute approximate surface area is 176 Å². The molecule has 0 fully saturated rings. The molecule has 0 aliphatic rings. The third kappa shape index (κ3) is 8.02. The molecule has 9 heteroatoms. The van der Waals surface area contributed by atoms with Crippen LogP contribution in [0.5, 0.6) is 0 Å². The molecule has 3 N–H and O–H groups in total. The highest BCUT2D eigenvalue weighted by atomic mass is 127. The van der Waals surface area contributed by atoms with E-state index in [9.17, 15) is 8.42 Å². The molecule has 0 spiro atoms. The molecule has 0 radical (unpaired) electrons. The van der Waals surface area contributed by atoms with Crippen LogP contribution in [-0.2, 0) is 16.4 Å². The molecule has 2 rings (SSSR count). The molecule has 0 amide bonds. The predicted octanol–water partition coefficient (Wildman–Crippen LogP) is 2.44. The smallest absolute Gasteiger partial charge is 0.250 e. The van der Waals surface area contributed by atoms with Gasteiger partial charge >= 0.3 is 0 Å². The number of sulfonamides is 1. The number of benzene rings is 1. The Hall–Kier alpha value is -1.17. The highest BCUT2D eigenvalue weighted by molar-refractivity contribution is 14.0. The Morgan fingerprint density at radius 2 is 1.85 bits per heavy atom. The molecule has 0 unspecified atom stereocenters. The van der Waals surface area contributed by atoms with Crippen LogP contribution in [0.2, 0.25) is 0 Å². The molecular formula is C17H25IN4O2S2. The molecule has 1 aromatic carbocycles. The molecule has 2 aromatic rings. The van der Waals surface area contributed by atoms with Crippen molar-refractivity contribution in [1.82, 2.24) is 15.4 Å². The SMILES string of the molecule is CCNC(=NCCNS(=O)(=O)c1cccs1)NCCc1ccccc1.I. The van der Waals surface area contributed by atoms with Crippen LogP contribution in [0.3, 0.4) is 0 Å². The van der Waals surface area contributed by atoms with E-state index in [1.54, 1.807) is 17.5 Å². The lowest BCUT2D eigenvalue weighted by Gasteiger charge is -2.11. The first-order chi connectivity index (χ1) is 12.1. The first-order valence-electron chi connectivity index (χ1n) is 8.21. The Morgan fingerprint density at radius 1 is 1.08 bits per heavy atom. The molecule has 0 bridgehead atoms. The van der Waals surface area contributed by atoms with Gasteiger partial charge in [0.15, 0.2) is 5.96 Å². The van der Waals surface area contributed by atoms with Gasteiger partial charge in [-0.05, 0) is 30.4 Å². The lowest BCUT2D eigenvalue weighted by atomic mass is 10.1. The summed E-state index contributed by atoms with van der Waals surface area (Å²) in [4.78, 5) is 4.40. The maximum atomic E-state index is 12.0. The minimum absolute atomic E-state index is 0. The molecule has 0 saturated carbocycles. The molecule has 0 aliphatic carbocycles. The highest BCUT2D eigenvalue weighted by Crippen LogP contribution is 2.14. The quantitative estimate of drug-likeness (QED) is 0.210. The Bertz CT molecular complexity index is 750. The molecule has 6 nitrogen and oxygen atoms in total. The van der Waals surface area contributed by atoms with Crippen molar-refractivity contribution in [1.29, 1.82) is 0 Å². The minimum Gasteiger partial charge on any atom is -0.357 e.